The summed E-state index contributed by atoms with van der Waals surface area (Å²) in [5.74, 6) is 0.0849. The zero-order chi connectivity index (χ0) is 10.1. The van der Waals surface area contributed by atoms with Gasteiger partial charge in [0.05, 0.1) is 11.4 Å². The lowest BCUT2D eigenvalue weighted by Crippen LogP contribution is -2.45. The van der Waals surface area contributed by atoms with E-state index in [4.69, 9.17) is 4.78 Å². The Morgan fingerprint density at radius 2 is 2.08 bits per heavy atom. The fourth-order valence-electron chi connectivity index (χ4n) is 1.57. The third-order valence-corrected chi connectivity index (χ3v) is 3.70. The van der Waals surface area contributed by atoms with E-state index in [1.807, 2.05) is 4.31 Å². The largest absolute Gasteiger partial charge is 0.389 e. The molecule has 1 fully saturated rings. The summed E-state index contributed by atoms with van der Waals surface area (Å²) in [5, 5.41) is 9.96. The highest BCUT2D eigenvalue weighted by molar-refractivity contribution is 7.91. The second-order valence-corrected chi connectivity index (χ2v) is 6.69. The van der Waals surface area contributed by atoms with Crippen molar-refractivity contribution >= 4 is 22.5 Å². The molecule has 0 aromatic carbocycles. The summed E-state index contributed by atoms with van der Waals surface area (Å²) >= 11 is 4.15. The van der Waals surface area contributed by atoms with Crippen molar-refractivity contribution in [1.29, 1.82) is 4.78 Å². The van der Waals surface area contributed by atoms with Crippen LogP contribution in [-0.4, -0.2) is 44.3 Å². The number of hydrogen-bond acceptors (Lipinski definition) is 5. The highest BCUT2D eigenvalue weighted by Gasteiger charge is 2.33. The Kier molecular flexibility index (Phi) is 3.27. The molecule has 0 saturated carbocycles. The second-order valence-electron chi connectivity index (χ2n) is 3.83. The first-order valence-electron chi connectivity index (χ1n) is 4.18. The average molecular weight is 224 g/mol. The molecule has 0 spiro atoms. The van der Waals surface area contributed by atoms with Crippen LogP contribution in [0, 0.1) is 4.78 Å². The normalized spacial score (nSPS) is 28.2. The Morgan fingerprint density at radius 3 is 2.46 bits per heavy atom. The predicted molar refractivity (Wildman–Crippen MR) is 56.4 cm³/mol. The van der Waals surface area contributed by atoms with Gasteiger partial charge in [0.1, 0.15) is 0 Å². The smallest absolute Gasteiger partial charge is 0.0796 e. The summed E-state index contributed by atoms with van der Waals surface area (Å²) in [6.45, 7) is 1.38. The minimum absolute atomic E-state index is 0.0849. The van der Waals surface area contributed by atoms with Crippen LogP contribution in [0.4, 0.5) is 0 Å². The molecule has 0 amide bonds. The Balaban J connectivity index is 2.58. The van der Waals surface area contributed by atoms with Gasteiger partial charge < -0.3 is 5.11 Å². The van der Waals surface area contributed by atoms with Crippen molar-refractivity contribution in [3.63, 3.8) is 0 Å². The van der Waals surface area contributed by atoms with E-state index in [9.17, 15) is 9.32 Å². The SMILES string of the molecule is CS(=N)(=O)CC1(O)CCN(S)CC1. The van der Waals surface area contributed by atoms with E-state index in [1.165, 1.54) is 6.26 Å². The van der Waals surface area contributed by atoms with Gasteiger partial charge in [0, 0.05) is 29.1 Å². The lowest BCUT2D eigenvalue weighted by atomic mass is 9.95. The molecule has 78 valence electrons. The van der Waals surface area contributed by atoms with Crippen LogP contribution in [0.1, 0.15) is 12.8 Å². The molecule has 1 aliphatic heterocycles. The number of hydrogen-bond donors (Lipinski definition) is 3. The van der Waals surface area contributed by atoms with Crippen LogP contribution in [0.5, 0.6) is 0 Å². The van der Waals surface area contributed by atoms with Crippen molar-refractivity contribution in [3.8, 4) is 0 Å². The van der Waals surface area contributed by atoms with Crippen molar-refractivity contribution < 1.29 is 9.32 Å². The van der Waals surface area contributed by atoms with Gasteiger partial charge in [0.25, 0.3) is 0 Å². The standard InChI is InChI=1S/C7H16N2O2S2/c1-13(8,11)6-7(10)2-4-9(12)5-3-7/h8,10,12H,2-6H2,1H3. The highest BCUT2D eigenvalue weighted by Crippen LogP contribution is 2.24. The Hall–Kier alpha value is 0.220. The van der Waals surface area contributed by atoms with Gasteiger partial charge in [0.2, 0.25) is 0 Å². The van der Waals surface area contributed by atoms with Gasteiger partial charge in [-0.2, -0.15) is 0 Å². The van der Waals surface area contributed by atoms with Crippen molar-refractivity contribution in [2.45, 2.75) is 18.4 Å². The van der Waals surface area contributed by atoms with E-state index in [0.29, 0.717) is 25.9 Å². The van der Waals surface area contributed by atoms with Gasteiger partial charge >= 0.3 is 0 Å². The number of aliphatic hydroxyl groups is 1. The second kappa shape index (κ2) is 3.76. The van der Waals surface area contributed by atoms with Crippen LogP contribution in [0.2, 0.25) is 0 Å². The number of rotatable bonds is 2. The van der Waals surface area contributed by atoms with Gasteiger partial charge in [-0.15, -0.1) is 0 Å². The molecular weight excluding hydrogens is 208 g/mol. The van der Waals surface area contributed by atoms with Crippen molar-refractivity contribution in [2.24, 2.45) is 0 Å². The van der Waals surface area contributed by atoms with Crippen LogP contribution in [0.3, 0.4) is 0 Å². The minimum Gasteiger partial charge on any atom is -0.389 e. The molecule has 1 aliphatic rings. The summed E-state index contributed by atoms with van der Waals surface area (Å²) in [6, 6.07) is 0. The van der Waals surface area contributed by atoms with Gasteiger partial charge in [-0.25, -0.2) is 0 Å². The molecular formula is C7H16N2O2S2. The summed E-state index contributed by atoms with van der Waals surface area (Å²) in [6.07, 6.45) is 2.48. The van der Waals surface area contributed by atoms with Crippen LogP contribution < -0.4 is 0 Å². The van der Waals surface area contributed by atoms with E-state index >= 15 is 0 Å². The Morgan fingerprint density at radius 1 is 1.62 bits per heavy atom. The maximum Gasteiger partial charge on any atom is 0.0796 e. The molecule has 1 saturated heterocycles. The van der Waals surface area contributed by atoms with Crippen LogP contribution in [0.15, 0.2) is 0 Å². The van der Waals surface area contributed by atoms with Crippen molar-refractivity contribution in [3.05, 3.63) is 0 Å². The molecule has 4 nitrogen and oxygen atoms in total. The van der Waals surface area contributed by atoms with Crippen molar-refractivity contribution in [1.82, 2.24) is 4.31 Å². The molecule has 0 aromatic heterocycles. The molecule has 1 atom stereocenters. The molecule has 1 heterocycles. The van der Waals surface area contributed by atoms with E-state index in [1.54, 1.807) is 0 Å². The van der Waals surface area contributed by atoms with Gasteiger partial charge in [-0.05, 0) is 12.8 Å². The fourth-order valence-corrected chi connectivity index (χ4v) is 3.08. The molecule has 0 bridgehead atoms. The summed E-state index contributed by atoms with van der Waals surface area (Å²) in [5.41, 5.74) is -0.910. The van der Waals surface area contributed by atoms with E-state index in [-0.39, 0.29) is 5.75 Å². The molecule has 13 heavy (non-hydrogen) atoms. The number of piperidine rings is 1. The van der Waals surface area contributed by atoms with Gasteiger partial charge in [-0.3, -0.25) is 13.3 Å². The maximum atomic E-state index is 11.2. The Labute approximate surface area is 84.8 Å². The van der Waals surface area contributed by atoms with E-state index in [2.05, 4.69) is 12.8 Å². The molecule has 0 aromatic rings. The molecule has 1 rings (SSSR count). The molecule has 2 N–H and O–H groups in total. The minimum atomic E-state index is -2.59. The lowest BCUT2D eigenvalue weighted by Gasteiger charge is -2.35. The number of nitrogens with one attached hydrogen (secondary N) is 1. The first-order valence-corrected chi connectivity index (χ1v) is 6.72. The average Bonchev–Trinajstić information content (AvgIpc) is 1.92. The zero-order valence-corrected chi connectivity index (χ0v) is 9.40. The first kappa shape index (κ1) is 11.3. The van der Waals surface area contributed by atoms with Crippen molar-refractivity contribution in [2.75, 3.05) is 25.1 Å². The van der Waals surface area contributed by atoms with Gasteiger partial charge in [0.15, 0.2) is 0 Å². The Bertz CT molecular complexity index is 268. The fraction of sp³-hybridized carbons (Fsp3) is 1.00. The molecule has 6 heteroatoms. The number of nitrogens with zero attached hydrogens (tertiary/aromatic N) is 1. The summed E-state index contributed by atoms with van der Waals surface area (Å²) in [7, 11) is -2.59. The van der Waals surface area contributed by atoms with Gasteiger partial charge in [-0.1, -0.05) is 12.8 Å². The van der Waals surface area contributed by atoms with E-state index in [0.717, 1.165) is 0 Å². The lowest BCUT2D eigenvalue weighted by molar-refractivity contribution is 0.0183. The van der Waals surface area contributed by atoms with E-state index < -0.39 is 15.3 Å². The van der Waals surface area contributed by atoms with Crippen LogP contribution in [-0.2, 0) is 9.73 Å². The first-order chi connectivity index (χ1) is 5.81. The summed E-state index contributed by atoms with van der Waals surface area (Å²) < 4.78 is 20.3. The highest BCUT2D eigenvalue weighted by atomic mass is 32.2. The third-order valence-electron chi connectivity index (χ3n) is 2.21. The zero-order valence-electron chi connectivity index (χ0n) is 7.69. The molecule has 0 radical (unpaired) electrons. The summed E-state index contributed by atoms with van der Waals surface area (Å²) in [4.78, 5) is 0. The quantitative estimate of drug-likeness (QED) is 0.592. The number of thiol groups is 1. The van der Waals surface area contributed by atoms with Crippen LogP contribution >= 0.6 is 12.8 Å². The monoisotopic (exact) mass is 224 g/mol. The predicted octanol–water partition coefficient (Wildman–Crippen LogP) is 0.335. The molecule has 1 unspecified atom stereocenters. The maximum absolute atomic E-state index is 11.2. The topological polar surface area (TPSA) is 64.4 Å². The molecule has 0 aliphatic carbocycles. The third kappa shape index (κ3) is 3.84. The van der Waals surface area contributed by atoms with Crippen LogP contribution in [0.25, 0.3) is 0 Å².